The molecule has 0 saturated carbocycles. The molecule has 1 amide bonds. The van der Waals surface area contributed by atoms with Crippen molar-refractivity contribution < 1.29 is 4.79 Å². The molecule has 0 radical (unpaired) electrons. The Hall–Kier alpha value is -3.03. The third-order valence-corrected chi connectivity index (χ3v) is 4.94. The topological polar surface area (TPSA) is 96.2 Å². The summed E-state index contributed by atoms with van der Waals surface area (Å²) in [4.78, 5) is 39.8. The Morgan fingerprint density at radius 1 is 1.38 bits per heavy atom. The lowest BCUT2D eigenvalue weighted by Gasteiger charge is -2.23. The zero-order valence-electron chi connectivity index (χ0n) is 14.8. The maximum absolute atomic E-state index is 12.8. The minimum atomic E-state index is -0.148. The highest BCUT2D eigenvalue weighted by Gasteiger charge is 2.32. The Balaban J connectivity index is 1.73. The predicted molar refractivity (Wildman–Crippen MR) is 95.0 cm³/mol. The van der Waals surface area contributed by atoms with E-state index >= 15 is 0 Å². The second kappa shape index (κ2) is 6.36. The van der Waals surface area contributed by atoms with Crippen LogP contribution in [0.25, 0.3) is 5.65 Å². The average Bonchev–Trinajstić information content (AvgIpc) is 3.29. The van der Waals surface area contributed by atoms with E-state index in [1.54, 1.807) is 11.1 Å². The van der Waals surface area contributed by atoms with Crippen LogP contribution in [0.2, 0.25) is 0 Å². The standard InChI is InChI=1S/C18H20N6O2/c1-3-12-11(2)21-16-9-13(22-24(16)17(12)25)15-5-4-8-23(15)18(26)14-10-19-6-7-20-14/h6-7,9-10,15,22H,3-5,8H2,1-2H3/t15-/m1/s1. The van der Waals surface area contributed by atoms with E-state index in [2.05, 4.69) is 20.1 Å². The molecule has 4 heterocycles. The molecule has 3 aromatic rings. The van der Waals surface area contributed by atoms with Crippen molar-refractivity contribution >= 4 is 11.6 Å². The van der Waals surface area contributed by atoms with E-state index in [9.17, 15) is 9.59 Å². The van der Waals surface area contributed by atoms with Gasteiger partial charge in [-0.2, -0.15) is 0 Å². The van der Waals surface area contributed by atoms with Gasteiger partial charge >= 0.3 is 0 Å². The zero-order valence-corrected chi connectivity index (χ0v) is 14.8. The lowest BCUT2D eigenvalue weighted by molar-refractivity contribution is 0.0726. The van der Waals surface area contributed by atoms with Gasteiger partial charge in [-0.3, -0.25) is 19.7 Å². The number of aromatic amines is 1. The first-order chi connectivity index (χ1) is 12.6. The summed E-state index contributed by atoms with van der Waals surface area (Å²) < 4.78 is 1.48. The Labute approximate surface area is 149 Å². The fraction of sp³-hybridized carbons (Fsp3) is 0.389. The van der Waals surface area contributed by atoms with Crippen molar-refractivity contribution in [1.29, 1.82) is 0 Å². The molecule has 8 nitrogen and oxygen atoms in total. The van der Waals surface area contributed by atoms with Gasteiger partial charge in [-0.15, -0.1) is 0 Å². The summed E-state index contributed by atoms with van der Waals surface area (Å²) in [6, 6.07) is 1.73. The number of fused-ring (bicyclic) bond motifs is 1. The summed E-state index contributed by atoms with van der Waals surface area (Å²) in [5.74, 6) is -0.148. The summed E-state index contributed by atoms with van der Waals surface area (Å²) in [5, 5.41) is 3.16. The minimum Gasteiger partial charge on any atom is -0.329 e. The monoisotopic (exact) mass is 352 g/mol. The second-order valence-electron chi connectivity index (χ2n) is 6.49. The van der Waals surface area contributed by atoms with Gasteiger partial charge in [-0.05, 0) is 26.2 Å². The summed E-state index contributed by atoms with van der Waals surface area (Å²) in [6.07, 6.45) is 6.89. The van der Waals surface area contributed by atoms with Crippen LogP contribution in [0.3, 0.4) is 0 Å². The molecule has 0 aliphatic carbocycles. The highest BCUT2D eigenvalue weighted by Crippen LogP contribution is 2.32. The second-order valence-corrected chi connectivity index (χ2v) is 6.49. The van der Waals surface area contributed by atoms with Gasteiger partial charge in [0.15, 0.2) is 5.65 Å². The summed E-state index contributed by atoms with van der Waals surface area (Å²) in [6.45, 7) is 4.45. The van der Waals surface area contributed by atoms with Crippen molar-refractivity contribution in [2.75, 3.05) is 6.54 Å². The van der Waals surface area contributed by atoms with Gasteiger partial charge in [-0.1, -0.05) is 6.92 Å². The molecule has 1 atom stereocenters. The number of nitrogens with zero attached hydrogens (tertiary/aromatic N) is 5. The number of amides is 1. The molecule has 1 aliphatic rings. The number of aromatic nitrogens is 5. The lowest BCUT2D eigenvalue weighted by Crippen LogP contribution is -2.31. The number of aryl methyl sites for hydroxylation is 1. The third-order valence-electron chi connectivity index (χ3n) is 4.94. The molecule has 0 bridgehead atoms. The Kier molecular flexibility index (Phi) is 4.02. The largest absolute Gasteiger partial charge is 0.329 e. The van der Waals surface area contributed by atoms with E-state index in [4.69, 9.17) is 0 Å². The molecule has 0 aromatic carbocycles. The van der Waals surface area contributed by atoms with Gasteiger partial charge in [0.25, 0.3) is 11.5 Å². The average molecular weight is 352 g/mol. The van der Waals surface area contributed by atoms with Gasteiger partial charge in [0.05, 0.1) is 17.9 Å². The van der Waals surface area contributed by atoms with E-state index in [0.717, 1.165) is 24.2 Å². The molecule has 4 rings (SSSR count). The molecule has 134 valence electrons. The number of H-pyrrole nitrogens is 1. The van der Waals surface area contributed by atoms with Crippen LogP contribution >= 0.6 is 0 Å². The molecule has 0 unspecified atom stereocenters. The van der Waals surface area contributed by atoms with Gasteiger partial charge in [0.1, 0.15) is 5.69 Å². The van der Waals surface area contributed by atoms with Crippen LogP contribution in [-0.2, 0) is 6.42 Å². The molecule has 8 heteroatoms. The summed E-state index contributed by atoms with van der Waals surface area (Å²) in [7, 11) is 0. The Morgan fingerprint density at radius 2 is 2.23 bits per heavy atom. The van der Waals surface area contributed by atoms with Gasteiger partial charge in [0.2, 0.25) is 0 Å². The van der Waals surface area contributed by atoms with Crippen LogP contribution in [0.1, 0.15) is 53.2 Å². The van der Waals surface area contributed by atoms with Gasteiger partial charge in [0, 0.05) is 36.3 Å². The van der Waals surface area contributed by atoms with Crippen molar-refractivity contribution in [2.45, 2.75) is 39.2 Å². The molecular formula is C18H20N6O2. The van der Waals surface area contributed by atoms with E-state index in [0.29, 0.717) is 29.9 Å². The summed E-state index contributed by atoms with van der Waals surface area (Å²) in [5.41, 5.74) is 3.10. The molecule has 26 heavy (non-hydrogen) atoms. The maximum atomic E-state index is 12.8. The SMILES string of the molecule is CCc1c(C)nc2cc([C@H]3CCCN3C(=O)c3cnccn3)[nH]n2c1=O. The summed E-state index contributed by atoms with van der Waals surface area (Å²) >= 11 is 0. The van der Waals surface area contributed by atoms with Gasteiger partial charge < -0.3 is 4.90 Å². The number of carbonyl (C=O) groups excluding carboxylic acids is 1. The number of carbonyl (C=O) groups is 1. The zero-order chi connectivity index (χ0) is 18.3. The quantitative estimate of drug-likeness (QED) is 0.773. The highest BCUT2D eigenvalue weighted by atomic mass is 16.2. The molecule has 3 aromatic heterocycles. The van der Waals surface area contributed by atoms with Crippen molar-refractivity contribution in [3.05, 3.63) is 57.7 Å². The molecular weight excluding hydrogens is 332 g/mol. The van der Waals surface area contributed by atoms with Crippen LogP contribution < -0.4 is 5.56 Å². The van der Waals surface area contributed by atoms with Crippen LogP contribution in [-0.4, -0.2) is 41.9 Å². The third kappa shape index (κ3) is 2.58. The van der Waals surface area contributed by atoms with Crippen LogP contribution in [0.5, 0.6) is 0 Å². The van der Waals surface area contributed by atoms with E-state index < -0.39 is 0 Å². The molecule has 1 aliphatic heterocycles. The number of likely N-dealkylation sites (tertiary alicyclic amines) is 1. The molecule has 0 spiro atoms. The minimum absolute atomic E-state index is 0.0777. The normalized spacial score (nSPS) is 17.2. The fourth-order valence-corrected chi connectivity index (χ4v) is 3.66. The van der Waals surface area contributed by atoms with Crippen molar-refractivity contribution in [2.24, 2.45) is 0 Å². The van der Waals surface area contributed by atoms with E-state index in [1.807, 2.05) is 19.9 Å². The van der Waals surface area contributed by atoms with E-state index in [-0.39, 0.29) is 17.5 Å². The first-order valence-corrected chi connectivity index (χ1v) is 8.78. The number of nitrogens with one attached hydrogen (secondary N) is 1. The number of rotatable bonds is 3. The lowest BCUT2D eigenvalue weighted by atomic mass is 10.1. The van der Waals surface area contributed by atoms with Crippen LogP contribution in [0, 0.1) is 6.92 Å². The smallest absolute Gasteiger partial charge is 0.276 e. The first-order valence-electron chi connectivity index (χ1n) is 8.78. The van der Waals surface area contributed by atoms with Crippen LogP contribution in [0.15, 0.2) is 29.5 Å². The first kappa shape index (κ1) is 16.4. The van der Waals surface area contributed by atoms with Crippen molar-refractivity contribution in [1.82, 2.24) is 29.5 Å². The number of hydrogen-bond donors (Lipinski definition) is 1. The molecule has 1 fully saturated rings. The van der Waals surface area contributed by atoms with Gasteiger partial charge in [-0.25, -0.2) is 14.5 Å². The maximum Gasteiger partial charge on any atom is 0.276 e. The molecule has 1 N–H and O–H groups in total. The Bertz CT molecular complexity index is 1020. The Morgan fingerprint density at radius 3 is 2.96 bits per heavy atom. The molecule has 1 saturated heterocycles. The van der Waals surface area contributed by atoms with Crippen LogP contribution in [0.4, 0.5) is 0 Å². The van der Waals surface area contributed by atoms with Crippen molar-refractivity contribution in [3.63, 3.8) is 0 Å². The van der Waals surface area contributed by atoms with Crippen molar-refractivity contribution in [3.8, 4) is 0 Å². The van der Waals surface area contributed by atoms with E-state index in [1.165, 1.54) is 16.9 Å². The fourth-order valence-electron chi connectivity index (χ4n) is 3.66. The predicted octanol–water partition coefficient (Wildman–Crippen LogP) is 1.66. The highest BCUT2D eigenvalue weighted by molar-refractivity contribution is 5.92. The number of hydrogen-bond acceptors (Lipinski definition) is 5.